The lowest BCUT2D eigenvalue weighted by molar-refractivity contribution is -0.136. The number of anilines is 1. The average molecular weight is 371 g/mol. The second-order valence-corrected chi connectivity index (χ2v) is 6.80. The lowest BCUT2D eigenvalue weighted by atomic mass is 10.0. The molecule has 0 bridgehead atoms. The first-order valence-electron chi connectivity index (χ1n) is 8.13. The fourth-order valence-electron chi connectivity index (χ4n) is 3.40. The molecule has 3 N–H and O–H groups in total. The third-order valence-corrected chi connectivity index (χ3v) is 4.85. The van der Waals surface area contributed by atoms with Crippen LogP contribution in [0.5, 0.6) is 0 Å². The number of nitrogen functional groups attached to an aromatic ring is 1. The van der Waals surface area contributed by atoms with Crippen LogP contribution in [0.15, 0.2) is 30.3 Å². The van der Waals surface area contributed by atoms with Crippen molar-refractivity contribution >= 4 is 35.1 Å². The summed E-state index contributed by atoms with van der Waals surface area (Å²) in [5.41, 5.74) is 8.50. The van der Waals surface area contributed by atoms with Gasteiger partial charge in [0, 0.05) is 29.1 Å². The number of nitrogens with two attached hydrogens (primary N) is 1. The van der Waals surface area contributed by atoms with Crippen LogP contribution in [0.4, 0.5) is 5.82 Å². The van der Waals surface area contributed by atoms with E-state index in [0.29, 0.717) is 35.1 Å². The standard InChI is InChI=1S/C18H15ClN4O3/c19-11-6-13(21-15(20)7-11)9-1-2-12-10(5-9)8-23(18(12)26)14-3-4-16(24)22-17(14)25/h1-2,5-7,14H,3-4,8H2,(H2,20,21)(H,22,24,25). The minimum Gasteiger partial charge on any atom is -0.384 e. The number of carbonyl (C=O) groups is 3. The maximum Gasteiger partial charge on any atom is 0.255 e. The van der Waals surface area contributed by atoms with Crippen LogP contribution in [0, 0.1) is 0 Å². The smallest absolute Gasteiger partial charge is 0.255 e. The number of benzene rings is 1. The summed E-state index contributed by atoms with van der Waals surface area (Å²) >= 11 is 6.04. The molecule has 26 heavy (non-hydrogen) atoms. The Bertz CT molecular complexity index is 939. The molecule has 0 aliphatic carbocycles. The molecule has 1 aromatic carbocycles. The molecule has 2 aromatic rings. The van der Waals surface area contributed by atoms with Gasteiger partial charge in [-0.2, -0.15) is 0 Å². The van der Waals surface area contributed by atoms with Gasteiger partial charge < -0.3 is 10.6 Å². The van der Waals surface area contributed by atoms with Crippen molar-refractivity contribution in [2.45, 2.75) is 25.4 Å². The monoisotopic (exact) mass is 370 g/mol. The summed E-state index contributed by atoms with van der Waals surface area (Å²) in [4.78, 5) is 41.9. The molecular weight excluding hydrogens is 356 g/mol. The Kier molecular flexibility index (Phi) is 3.88. The minimum absolute atomic E-state index is 0.209. The van der Waals surface area contributed by atoms with Crippen LogP contribution in [0.25, 0.3) is 11.3 Å². The first-order valence-corrected chi connectivity index (χ1v) is 8.51. The first kappa shape index (κ1) is 16.5. The molecule has 2 aliphatic rings. The number of aromatic nitrogens is 1. The van der Waals surface area contributed by atoms with E-state index in [2.05, 4.69) is 10.3 Å². The van der Waals surface area contributed by atoms with Crippen LogP contribution in [0.2, 0.25) is 5.02 Å². The molecule has 1 atom stereocenters. The highest BCUT2D eigenvalue weighted by Crippen LogP contribution is 2.31. The summed E-state index contributed by atoms with van der Waals surface area (Å²) in [5.74, 6) is -0.622. The van der Waals surface area contributed by atoms with Crippen molar-refractivity contribution in [1.29, 1.82) is 0 Å². The largest absolute Gasteiger partial charge is 0.384 e. The highest BCUT2D eigenvalue weighted by Gasteiger charge is 2.39. The van der Waals surface area contributed by atoms with Gasteiger partial charge in [0.15, 0.2) is 0 Å². The number of carbonyl (C=O) groups excluding carboxylic acids is 3. The third kappa shape index (κ3) is 2.80. The van der Waals surface area contributed by atoms with Crippen molar-refractivity contribution < 1.29 is 14.4 Å². The van der Waals surface area contributed by atoms with Gasteiger partial charge in [0.05, 0.1) is 5.69 Å². The Morgan fingerprint density at radius 3 is 2.73 bits per heavy atom. The van der Waals surface area contributed by atoms with Crippen LogP contribution in [0.1, 0.15) is 28.8 Å². The molecule has 8 heteroatoms. The molecule has 0 saturated carbocycles. The van der Waals surface area contributed by atoms with Gasteiger partial charge >= 0.3 is 0 Å². The zero-order valence-electron chi connectivity index (χ0n) is 13.7. The van der Waals surface area contributed by atoms with Crippen LogP contribution in [-0.4, -0.2) is 33.6 Å². The van der Waals surface area contributed by atoms with Crippen LogP contribution in [0.3, 0.4) is 0 Å². The fraction of sp³-hybridized carbons (Fsp3) is 0.222. The zero-order chi connectivity index (χ0) is 18.4. The summed E-state index contributed by atoms with van der Waals surface area (Å²) in [6.07, 6.45) is 0.567. The second-order valence-electron chi connectivity index (χ2n) is 6.37. The van der Waals surface area contributed by atoms with Crippen LogP contribution < -0.4 is 11.1 Å². The van der Waals surface area contributed by atoms with E-state index in [1.54, 1.807) is 24.3 Å². The quantitative estimate of drug-likeness (QED) is 0.783. The maximum atomic E-state index is 12.7. The molecule has 1 fully saturated rings. The summed E-state index contributed by atoms with van der Waals surface area (Å²) in [7, 11) is 0. The molecule has 1 aromatic heterocycles. The Labute approximate surface area is 154 Å². The molecule has 3 amide bonds. The molecule has 2 aliphatic heterocycles. The molecule has 1 unspecified atom stereocenters. The topological polar surface area (TPSA) is 105 Å². The van der Waals surface area contributed by atoms with Gasteiger partial charge in [-0.3, -0.25) is 19.7 Å². The lowest BCUT2D eigenvalue weighted by Gasteiger charge is -2.29. The van der Waals surface area contributed by atoms with Gasteiger partial charge in [-0.15, -0.1) is 0 Å². The van der Waals surface area contributed by atoms with E-state index in [9.17, 15) is 14.4 Å². The normalized spacial score (nSPS) is 19.5. The number of piperidine rings is 1. The van der Waals surface area contributed by atoms with Gasteiger partial charge in [-0.25, -0.2) is 4.98 Å². The third-order valence-electron chi connectivity index (χ3n) is 4.63. The van der Waals surface area contributed by atoms with E-state index in [4.69, 9.17) is 17.3 Å². The van der Waals surface area contributed by atoms with E-state index in [0.717, 1.165) is 11.1 Å². The number of nitrogens with zero attached hydrogens (tertiary/aromatic N) is 2. The van der Waals surface area contributed by atoms with Gasteiger partial charge in [0.25, 0.3) is 5.91 Å². The van der Waals surface area contributed by atoms with E-state index in [-0.39, 0.29) is 18.2 Å². The second kappa shape index (κ2) is 6.10. The van der Waals surface area contributed by atoms with Crippen molar-refractivity contribution in [1.82, 2.24) is 15.2 Å². The minimum atomic E-state index is -0.629. The highest BCUT2D eigenvalue weighted by atomic mass is 35.5. The summed E-state index contributed by atoms with van der Waals surface area (Å²) in [6, 6.07) is 8.00. The SMILES string of the molecule is Nc1cc(Cl)cc(-c2ccc3c(c2)CN(C2CCC(=O)NC2=O)C3=O)n1. The van der Waals surface area contributed by atoms with E-state index in [1.807, 2.05) is 6.07 Å². The molecular formula is C18H15ClN4O3. The molecule has 4 rings (SSSR count). The molecule has 3 heterocycles. The summed E-state index contributed by atoms with van der Waals surface area (Å²) in [6.45, 7) is 0.310. The number of imide groups is 1. The number of pyridine rings is 1. The Hall–Kier alpha value is -2.93. The average Bonchev–Trinajstić information content (AvgIpc) is 2.90. The van der Waals surface area contributed by atoms with Crippen molar-refractivity contribution in [3.8, 4) is 11.3 Å². The van der Waals surface area contributed by atoms with E-state index in [1.165, 1.54) is 4.90 Å². The summed E-state index contributed by atoms with van der Waals surface area (Å²) in [5, 5.41) is 2.77. The molecule has 7 nitrogen and oxygen atoms in total. The van der Waals surface area contributed by atoms with Crippen molar-refractivity contribution in [2.24, 2.45) is 0 Å². The van der Waals surface area contributed by atoms with Gasteiger partial charge in [0.1, 0.15) is 11.9 Å². The molecule has 1 saturated heterocycles. The Balaban J connectivity index is 1.64. The van der Waals surface area contributed by atoms with Crippen molar-refractivity contribution in [2.75, 3.05) is 5.73 Å². The Morgan fingerprint density at radius 2 is 2.00 bits per heavy atom. The van der Waals surface area contributed by atoms with E-state index < -0.39 is 11.9 Å². The predicted molar refractivity (Wildman–Crippen MR) is 95.1 cm³/mol. The van der Waals surface area contributed by atoms with Crippen molar-refractivity contribution in [3.05, 3.63) is 46.5 Å². The molecule has 132 valence electrons. The molecule has 0 radical (unpaired) electrons. The predicted octanol–water partition coefficient (Wildman–Crippen LogP) is 1.75. The number of hydrogen-bond donors (Lipinski definition) is 2. The van der Waals surface area contributed by atoms with Gasteiger partial charge in [0.2, 0.25) is 11.8 Å². The van der Waals surface area contributed by atoms with Crippen LogP contribution in [-0.2, 0) is 16.1 Å². The zero-order valence-corrected chi connectivity index (χ0v) is 14.4. The number of halogens is 1. The van der Waals surface area contributed by atoms with E-state index >= 15 is 0 Å². The Morgan fingerprint density at radius 1 is 1.19 bits per heavy atom. The lowest BCUT2D eigenvalue weighted by Crippen LogP contribution is -2.52. The summed E-state index contributed by atoms with van der Waals surface area (Å²) < 4.78 is 0. The van der Waals surface area contributed by atoms with Gasteiger partial charge in [-0.1, -0.05) is 17.7 Å². The highest BCUT2D eigenvalue weighted by molar-refractivity contribution is 6.31. The number of hydrogen-bond acceptors (Lipinski definition) is 5. The fourth-order valence-corrected chi connectivity index (χ4v) is 3.61. The number of nitrogens with one attached hydrogen (secondary N) is 1. The maximum absolute atomic E-state index is 12.7. The van der Waals surface area contributed by atoms with Crippen molar-refractivity contribution in [3.63, 3.8) is 0 Å². The number of rotatable bonds is 2. The number of fused-ring (bicyclic) bond motifs is 1. The first-order chi connectivity index (χ1) is 12.4. The van der Waals surface area contributed by atoms with Gasteiger partial charge in [-0.05, 0) is 36.2 Å². The molecule has 0 spiro atoms. The number of amides is 3. The van der Waals surface area contributed by atoms with Crippen LogP contribution >= 0.6 is 11.6 Å².